The Kier molecular flexibility index (Phi) is 14.0. The molecule has 5 rings (SSSR count). The second-order valence-corrected chi connectivity index (χ2v) is 13.6. The molecule has 16 heteroatoms. The van der Waals surface area contributed by atoms with Crippen molar-refractivity contribution in [3.63, 3.8) is 0 Å². The zero-order valence-electron chi connectivity index (χ0n) is 28.9. The summed E-state index contributed by atoms with van der Waals surface area (Å²) >= 11 is 1.88. The van der Waals surface area contributed by atoms with E-state index in [4.69, 9.17) is 18.8 Å². The second-order valence-electron chi connectivity index (χ2n) is 12.5. The molecule has 3 saturated heterocycles. The van der Waals surface area contributed by atoms with Crippen LogP contribution in [0.2, 0.25) is 0 Å². The van der Waals surface area contributed by atoms with Gasteiger partial charge < -0.3 is 29.4 Å². The monoisotopic (exact) mass is 810 g/mol. The van der Waals surface area contributed by atoms with Gasteiger partial charge >= 0.3 is 19.3 Å². The summed E-state index contributed by atoms with van der Waals surface area (Å²) in [5.74, 6) is 0.471. The molecule has 12 nitrogen and oxygen atoms in total. The minimum atomic E-state index is -0.550. The number of nitrogens with zero attached hydrogens (tertiary/aromatic N) is 2. The number of rotatable bonds is 8. The number of hydrogen-bond acceptors (Lipinski definition) is 8. The largest absolute Gasteiger partial charge is 0.486 e. The van der Waals surface area contributed by atoms with Crippen molar-refractivity contribution < 1.29 is 46.7 Å². The number of benzene rings is 2. The molecule has 0 unspecified atom stereocenters. The molecule has 270 valence electrons. The molecular weight excluding hydrogens is 768 g/mol. The fourth-order valence-corrected chi connectivity index (χ4v) is 5.02. The van der Waals surface area contributed by atoms with E-state index in [1.807, 2.05) is 50.3 Å². The molecule has 2 aromatic rings. The minimum Gasteiger partial charge on any atom is -0.442 e. The van der Waals surface area contributed by atoms with Gasteiger partial charge in [-0.1, -0.05) is 18.6 Å². The fourth-order valence-electron chi connectivity index (χ4n) is 4.68. The Balaban J connectivity index is 0.000000212. The van der Waals surface area contributed by atoms with E-state index in [1.165, 1.54) is 41.9 Å². The van der Waals surface area contributed by atoms with E-state index in [1.54, 1.807) is 30.2 Å². The second kappa shape index (κ2) is 17.3. The SMILES string of the molecule is C=CB1OC(C)(C)C(C)(C)O1.C=Cc1ccc(N2C[C@H](CNC(C)=O)OC2=O)cc1F.CC(=O)NC[C@H]1CN(c2ccc(I)c(F)c2)C(=O)O1. The topological polar surface area (TPSA) is 136 Å². The number of hydrogen-bond donors (Lipinski definition) is 2. The number of anilines is 2. The van der Waals surface area contributed by atoms with Crippen LogP contribution in [0.4, 0.5) is 29.7 Å². The normalized spacial score (nSPS) is 20.1. The summed E-state index contributed by atoms with van der Waals surface area (Å²) in [5, 5.41) is 5.16. The highest BCUT2D eigenvalue weighted by Crippen LogP contribution is 2.36. The highest BCUT2D eigenvalue weighted by Gasteiger charge is 2.49. The Morgan fingerprint density at radius 2 is 1.30 bits per heavy atom. The molecular formula is C34H42BF2IN4O8. The summed E-state index contributed by atoms with van der Waals surface area (Å²) in [6.07, 6.45) is -0.532. The molecule has 0 saturated carbocycles. The standard InChI is InChI=1S/C14H15FN2O3.C12H12FIN2O3.C8H15BO2/c1-3-10-4-5-11(6-13(10)15)17-8-12(20-14(17)19)7-16-9(2)18;1-7(17)15-5-9-6-16(12(18)19-9)8-2-3-11(14)10(13)4-8;1-6-9-10-7(2,3)8(4,5)11-9/h3-6,12H,1,7-8H2,2H3,(H,16,18);2-4,9H,5-6H2,1H3,(H,15,17);6H,1H2,2-5H3/t12-;9-;/m00./s1. The highest BCUT2D eigenvalue weighted by atomic mass is 127. The summed E-state index contributed by atoms with van der Waals surface area (Å²) in [6.45, 7) is 19.1. The van der Waals surface area contributed by atoms with Crippen molar-refractivity contribution in [1.82, 2.24) is 10.6 Å². The Bertz CT molecular complexity index is 1590. The maximum atomic E-state index is 13.7. The lowest BCUT2D eigenvalue weighted by Crippen LogP contribution is -2.41. The van der Waals surface area contributed by atoms with Gasteiger partial charge in [-0.3, -0.25) is 19.4 Å². The minimum absolute atomic E-state index is 0.185. The van der Waals surface area contributed by atoms with Crippen LogP contribution in [0.25, 0.3) is 6.08 Å². The summed E-state index contributed by atoms with van der Waals surface area (Å²) in [5.41, 5.74) is 0.783. The van der Waals surface area contributed by atoms with Crippen LogP contribution in [-0.4, -0.2) is 80.7 Å². The predicted molar refractivity (Wildman–Crippen MR) is 194 cm³/mol. The van der Waals surface area contributed by atoms with Crippen molar-refractivity contribution in [3.05, 3.63) is 76.3 Å². The first-order chi connectivity index (χ1) is 23.4. The summed E-state index contributed by atoms with van der Waals surface area (Å²) in [4.78, 5) is 47.7. The number of nitrogens with one attached hydrogen (secondary N) is 2. The third kappa shape index (κ3) is 10.7. The van der Waals surface area contributed by atoms with Gasteiger partial charge in [-0.15, -0.1) is 6.58 Å². The van der Waals surface area contributed by atoms with Crippen LogP contribution in [-0.2, 0) is 28.4 Å². The van der Waals surface area contributed by atoms with Crippen LogP contribution in [0, 0.1) is 15.2 Å². The molecule has 2 N–H and O–H groups in total. The number of cyclic esters (lactones) is 2. The van der Waals surface area contributed by atoms with E-state index in [-0.39, 0.29) is 55.6 Å². The Labute approximate surface area is 304 Å². The lowest BCUT2D eigenvalue weighted by molar-refractivity contribution is -0.120. The molecule has 2 aromatic carbocycles. The first-order valence-electron chi connectivity index (χ1n) is 15.7. The van der Waals surface area contributed by atoms with Crippen molar-refractivity contribution in [3.8, 4) is 0 Å². The molecule has 0 aromatic heterocycles. The molecule has 0 spiro atoms. The Morgan fingerprint density at radius 3 is 1.66 bits per heavy atom. The number of carbonyl (C=O) groups excluding carboxylic acids is 4. The molecule has 3 aliphatic rings. The maximum Gasteiger partial charge on any atom is 0.486 e. The summed E-state index contributed by atoms with van der Waals surface area (Å²) in [6, 6.07) is 8.99. The van der Waals surface area contributed by atoms with E-state index < -0.39 is 30.2 Å². The third-order valence-corrected chi connectivity index (χ3v) is 8.97. The molecule has 4 amide bonds. The molecule has 0 radical (unpaired) electrons. The van der Waals surface area contributed by atoms with Gasteiger partial charge in [0.2, 0.25) is 11.8 Å². The van der Waals surface area contributed by atoms with E-state index in [9.17, 15) is 28.0 Å². The lowest BCUT2D eigenvalue weighted by atomic mass is 9.90. The average Bonchev–Trinajstić information content (AvgIpc) is 3.67. The van der Waals surface area contributed by atoms with Gasteiger partial charge in [-0.2, -0.15) is 0 Å². The first-order valence-corrected chi connectivity index (χ1v) is 16.8. The van der Waals surface area contributed by atoms with Gasteiger partial charge in [0.1, 0.15) is 23.8 Å². The summed E-state index contributed by atoms with van der Waals surface area (Å²) in [7, 11) is -0.250. The number of ether oxygens (including phenoxy) is 2. The molecule has 2 atom stereocenters. The van der Waals surface area contributed by atoms with Gasteiger partial charge in [-0.25, -0.2) is 18.4 Å². The van der Waals surface area contributed by atoms with Crippen LogP contribution in [0.3, 0.4) is 0 Å². The predicted octanol–water partition coefficient (Wildman–Crippen LogP) is 5.63. The van der Waals surface area contributed by atoms with Crippen LogP contribution in [0.15, 0.2) is 55.5 Å². The molecule has 3 aliphatic heterocycles. The highest BCUT2D eigenvalue weighted by molar-refractivity contribution is 14.1. The zero-order chi connectivity index (χ0) is 37.4. The van der Waals surface area contributed by atoms with Crippen LogP contribution in [0.1, 0.15) is 47.1 Å². The first kappa shape index (κ1) is 40.4. The van der Waals surface area contributed by atoms with Crippen LogP contribution < -0.4 is 20.4 Å². The molecule has 3 heterocycles. The fraction of sp³-hybridized carbons (Fsp3) is 0.412. The van der Waals surface area contributed by atoms with Gasteiger partial charge in [0.15, 0.2) is 0 Å². The van der Waals surface area contributed by atoms with Gasteiger partial charge in [0.05, 0.1) is 48.8 Å². The van der Waals surface area contributed by atoms with Gasteiger partial charge in [-0.05, 0) is 86.7 Å². The van der Waals surface area contributed by atoms with E-state index >= 15 is 0 Å². The van der Waals surface area contributed by atoms with E-state index in [0.29, 0.717) is 27.1 Å². The zero-order valence-corrected chi connectivity index (χ0v) is 31.0. The van der Waals surface area contributed by atoms with E-state index in [0.717, 1.165) is 0 Å². The van der Waals surface area contributed by atoms with Gasteiger partial charge in [0, 0.05) is 23.0 Å². The van der Waals surface area contributed by atoms with Crippen molar-refractivity contribution in [2.24, 2.45) is 0 Å². The molecule has 50 heavy (non-hydrogen) atoms. The average molecular weight is 810 g/mol. The Morgan fingerprint density at radius 1 is 0.860 bits per heavy atom. The van der Waals surface area contributed by atoms with Crippen molar-refractivity contribution in [1.29, 1.82) is 0 Å². The number of carbonyl (C=O) groups is 4. The molecule has 3 fully saturated rings. The van der Waals surface area contributed by atoms with Crippen LogP contribution in [0.5, 0.6) is 0 Å². The molecule has 0 aliphatic carbocycles. The lowest BCUT2D eigenvalue weighted by Gasteiger charge is -2.32. The summed E-state index contributed by atoms with van der Waals surface area (Å²) < 4.78 is 49.0. The maximum absolute atomic E-state index is 13.7. The van der Waals surface area contributed by atoms with Crippen LogP contribution >= 0.6 is 22.6 Å². The van der Waals surface area contributed by atoms with Gasteiger partial charge in [0.25, 0.3) is 0 Å². The number of amides is 4. The van der Waals surface area contributed by atoms with Crippen molar-refractivity contribution >= 4 is 71.2 Å². The molecule has 0 bridgehead atoms. The Hall–Kier alpha value is -4.03. The number of halogens is 3. The third-order valence-electron chi connectivity index (χ3n) is 8.10. The smallest absolute Gasteiger partial charge is 0.442 e. The van der Waals surface area contributed by atoms with Crippen molar-refractivity contribution in [2.75, 3.05) is 36.0 Å². The quantitative estimate of drug-likeness (QED) is 0.259. The van der Waals surface area contributed by atoms with E-state index in [2.05, 4.69) is 23.8 Å². The van der Waals surface area contributed by atoms with Crippen molar-refractivity contribution in [2.45, 2.75) is 65.0 Å².